The third-order valence-electron chi connectivity index (χ3n) is 5.33. The van der Waals surface area contributed by atoms with Crippen LogP contribution < -0.4 is 5.32 Å². The molecule has 2 aliphatic rings. The molecule has 1 aliphatic carbocycles. The number of nitrogens with one attached hydrogen (secondary N) is 1. The Morgan fingerprint density at radius 2 is 2.00 bits per heavy atom. The highest BCUT2D eigenvalue weighted by Gasteiger charge is 2.22. The Labute approximate surface area is 153 Å². The topological polar surface area (TPSA) is 50.3 Å². The Morgan fingerprint density at radius 3 is 2.80 bits per heavy atom. The van der Waals surface area contributed by atoms with Crippen LogP contribution in [0, 0.1) is 0 Å². The lowest BCUT2D eigenvalue weighted by Gasteiger charge is -2.26. The average Bonchev–Trinajstić information content (AvgIpc) is 3.01. The zero-order chi connectivity index (χ0) is 17.2. The number of ether oxygens (including phenoxy) is 1. The molecule has 0 bridgehead atoms. The van der Waals surface area contributed by atoms with Crippen LogP contribution in [0.1, 0.15) is 49.4 Å². The molecule has 1 N–H and O–H groups in total. The van der Waals surface area contributed by atoms with Crippen molar-refractivity contribution in [2.24, 2.45) is 0 Å². The predicted molar refractivity (Wildman–Crippen MR) is 104 cm³/mol. The number of thiophene rings is 1. The van der Waals surface area contributed by atoms with Crippen LogP contribution in [0.5, 0.6) is 0 Å². The summed E-state index contributed by atoms with van der Waals surface area (Å²) in [5.41, 5.74) is 1.51. The van der Waals surface area contributed by atoms with Crippen molar-refractivity contribution in [3.8, 4) is 0 Å². The summed E-state index contributed by atoms with van der Waals surface area (Å²) in [6.45, 7) is 8.83. The van der Waals surface area contributed by atoms with Crippen molar-refractivity contribution in [1.29, 1.82) is 0 Å². The first-order valence-corrected chi connectivity index (χ1v) is 10.4. The molecule has 0 amide bonds. The molecule has 6 heteroatoms. The van der Waals surface area contributed by atoms with Gasteiger partial charge in [-0.15, -0.1) is 11.3 Å². The van der Waals surface area contributed by atoms with Crippen molar-refractivity contribution >= 4 is 27.4 Å². The number of aryl methyl sites for hydroxylation is 2. The summed E-state index contributed by atoms with van der Waals surface area (Å²) in [7, 11) is 0. The van der Waals surface area contributed by atoms with Gasteiger partial charge in [0.05, 0.1) is 25.1 Å². The van der Waals surface area contributed by atoms with Gasteiger partial charge >= 0.3 is 0 Å². The summed E-state index contributed by atoms with van der Waals surface area (Å²) in [6.07, 6.45) is 6.07. The van der Waals surface area contributed by atoms with Gasteiger partial charge in [0, 0.05) is 24.0 Å². The second kappa shape index (κ2) is 7.56. The van der Waals surface area contributed by atoms with E-state index in [1.54, 1.807) is 0 Å². The van der Waals surface area contributed by atoms with Crippen LogP contribution in [0.4, 0.5) is 5.82 Å². The fraction of sp³-hybridized carbons (Fsp3) is 0.684. The van der Waals surface area contributed by atoms with E-state index in [0.29, 0.717) is 6.04 Å². The third kappa shape index (κ3) is 3.66. The summed E-state index contributed by atoms with van der Waals surface area (Å²) in [5.74, 6) is 2.00. The zero-order valence-electron chi connectivity index (χ0n) is 15.3. The summed E-state index contributed by atoms with van der Waals surface area (Å²) in [6, 6.07) is 0.425. The van der Waals surface area contributed by atoms with E-state index in [0.717, 1.165) is 50.9 Å². The number of rotatable bonds is 5. The van der Waals surface area contributed by atoms with Gasteiger partial charge in [-0.1, -0.05) is 6.92 Å². The molecule has 25 heavy (non-hydrogen) atoms. The van der Waals surface area contributed by atoms with E-state index < -0.39 is 0 Å². The molecular weight excluding hydrogens is 332 g/mol. The number of anilines is 1. The molecule has 1 atom stereocenters. The number of fused-ring (bicyclic) bond motifs is 3. The molecule has 0 aromatic carbocycles. The highest BCUT2D eigenvalue weighted by atomic mass is 32.1. The van der Waals surface area contributed by atoms with Crippen molar-refractivity contribution in [1.82, 2.24) is 14.9 Å². The van der Waals surface area contributed by atoms with Crippen molar-refractivity contribution < 1.29 is 4.74 Å². The van der Waals surface area contributed by atoms with Crippen molar-refractivity contribution in [2.45, 2.75) is 58.5 Å². The number of hydrogen-bond acceptors (Lipinski definition) is 6. The van der Waals surface area contributed by atoms with E-state index in [2.05, 4.69) is 24.1 Å². The molecule has 1 aliphatic heterocycles. The number of aromatic nitrogens is 2. The summed E-state index contributed by atoms with van der Waals surface area (Å²) >= 11 is 1.89. The third-order valence-corrected chi connectivity index (χ3v) is 6.51. The molecule has 3 heterocycles. The van der Waals surface area contributed by atoms with E-state index in [4.69, 9.17) is 14.7 Å². The zero-order valence-corrected chi connectivity index (χ0v) is 16.1. The van der Waals surface area contributed by atoms with Gasteiger partial charge in [-0.3, -0.25) is 4.90 Å². The first-order chi connectivity index (χ1) is 12.2. The van der Waals surface area contributed by atoms with Crippen molar-refractivity contribution in [3.05, 3.63) is 16.3 Å². The molecule has 1 saturated heterocycles. The summed E-state index contributed by atoms with van der Waals surface area (Å²) in [5, 5.41) is 4.96. The maximum Gasteiger partial charge on any atom is 0.146 e. The normalized spacial score (nSPS) is 19.8. The quantitative estimate of drug-likeness (QED) is 0.883. The highest BCUT2D eigenvalue weighted by molar-refractivity contribution is 7.19. The van der Waals surface area contributed by atoms with Crippen molar-refractivity contribution in [3.63, 3.8) is 0 Å². The fourth-order valence-corrected chi connectivity index (χ4v) is 4.95. The number of morpholine rings is 1. The van der Waals surface area contributed by atoms with Gasteiger partial charge in [0.15, 0.2) is 0 Å². The Morgan fingerprint density at radius 1 is 1.20 bits per heavy atom. The van der Waals surface area contributed by atoms with Crippen LogP contribution in [0.15, 0.2) is 0 Å². The van der Waals surface area contributed by atoms with Gasteiger partial charge in [0.25, 0.3) is 0 Å². The van der Waals surface area contributed by atoms with Crippen LogP contribution in [-0.4, -0.2) is 47.2 Å². The largest absolute Gasteiger partial charge is 0.379 e. The molecule has 0 spiro atoms. The minimum Gasteiger partial charge on any atom is -0.379 e. The molecular formula is C19H28N4OS. The first kappa shape index (κ1) is 17.2. The van der Waals surface area contributed by atoms with E-state index in [1.165, 1.54) is 46.3 Å². The maximum atomic E-state index is 5.46. The molecule has 0 radical (unpaired) electrons. The smallest absolute Gasteiger partial charge is 0.146 e. The van der Waals surface area contributed by atoms with Gasteiger partial charge in [0.2, 0.25) is 0 Å². The van der Waals surface area contributed by atoms with E-state index in [9.17, 15) is 0 Å². The Kier molecular flexibility index (Phi) is 5.20. The molecule has 1 unspecified atom stereocenters. The van der Waals surface area contributed by atoms with Crippen LogP contribution in [0.2, 0.25) is 0 Å². The fourth-order valence-electron chi connectivity index (χ4n) is 3.67. The Balaban J connectivity index is 1.71. The first-order valence-electron chi connectivity index (χ1n) is 9.62. The van der Waals surface area contributed by atoms with Crippen LogP contribution in [0.3, 0.4) is 0 Å². The average molecular weight is 361 g/mol. The van der Waals surface area contributed by atoms with Gasteiger partial charge in [-0.05, 0) is 44.6 Å². The minimum atomic E-state index is 0.425. The lowest BCUT2D eigenvalue weighted by molar-refractivity contribution is 0.0331. The molecule has 0 saturated carbocycles. The molecule has 5 nitrogen and oxygen atoms in total. The monoisotopic (exact) mass is 360 g/mol. The standard InChI is InChI=1S/C19H28N4OS/c1-3-13(2)20-18-17-14-6-4-5-7-15(14)25-19(17)22-16(21-18)12-23-8-10-24-11-9-23/h13H,3-12H2,1-2H3,(H,20,21,22). The number of nitrogens with zero attached hydrogens (tertiary/aromatic N) is 3. The second-order valence-electron chi connectivity index (χ2n) is 7.22. The Hall–Kier alpha value is -1.24. The molecule has 136 valence electrons. The number of hydrogen-bond donors (Lipinski definition) is 1. The van der Waals surface area contributed by atoms with Gasteiger partial charge in [-0.2, -0.15) is 0 Å². The van der Waals surface area contributed by atoms with E-state index in [1.807, 2.05) is 11.3 Å². The lowest BCUT2D eigenvalue weighted by Crippen LogP contribution is -2.36. The van der Waals surface area contributed by atoms with Crippen LogP contribution >= 0.6 is 11.3 Å². The Bertz CT molecular complexity index is 739. The summed E-state index contributed by atoms with van der Waals surface area (Å²) < 4.78 is 5.46. The lowest BCUT2D eigenvalue weighted by atomic mass is 9.97. The summed E-state index contributed by atoms with van der Waals surface area (Å²) in [4.78, 5) is 15.0. The predicted octanol–water partition coefficient (Wildman–Crippen LogP) is 3.61. The van der Waals surface area contributed by atoms with E-state index >= 15 is 0 Å². The molecule has 4 rings (SSSR count). The van der Waals surface area contributed by atoms with Gasteiger partial charge in [-0.25, -0.2) is 9.97 Å². The maximum absolute atomic E-state index is 5.46. The molecule has 2 aromatic heterocycles. The highest BCUT2D eigenvalue weighted by Crippen LogP contribution is 2.39. The SMILES string of the molecule is CCC(C)Nc1nc(CN2CCOCC2)nc2sc3c(c12)CCCC3. The molecule has 1 fully saturated rings. The van der Waals surface area contributed by atoms with Gasteiger partial charge < -0.3 is 10.1 Å². The van der Waals surface area contributed by atoms with Gasteiger partial charge in [0.1, 0.15) is 16.5 Å². The second-order valence-corrected chi connectivity index (χ2v) is 8.31. The van der Waals surface area contributed by atoms with Crippen LogP contribution in [0.25, 0.3) is 10.2 Å². The van der Waals surface area contributed by atoms with Crippen molar-refractivity contribution in [2.75, 3.05) is 31.6 Å². The van der Waals surface area contributed by atoms with Crippen LogP contribution in [-0.2, 0) is 24.1 Å². The minimum absolute atomic E-state index is 0.425. The van der Waals surface area contributed by atoms with E-state index in [-0.39, 0.29) is 0 Å². The molecule has 2 aromatic rings.